The molecular formula is C22H29NO3. The molecule has 140 valence electrons. The van der Waals surface area contributed by atoms with Gasteiger partial charge in [-0.2, -0.15) is 0 Å². The van der Waals surface area contributed by atoms with Crippen LogP contribution in [0.2, 0.25) is 0 Å². The molecule has 0 saturated heterocycles. The van der Waals surface area contributed by atoms with Crippen LogP contribution in [0.4, 0.5) is 0 Å². The minimum Gasteiger partial charge on any atom is -0.497 e. The van der Waals surface area contributed by atoms with Crippen LogP contribution in [0, 0.1) is 12.8 Å². The number of methoxy groups -OCH3 is 1. The second-order valence-electron chi connectivity index (χ2n) is 7.04. The Bertz CT molecular complexity index is 710. The van der Waals surface area contributed by atoms with Crippen LogP contribution in [0.5, 0.6) is 11.5 Å². The van der Waals surface area contributed by atoms with Crippen molar-refractivity contribution >= 4 is 5.91 Å². The summed E-state index contributed by atoms with van der Waals surface area (Å²) < 4.78 is 11.0. The maximum Gasteiger partial charge on any atom is 0.261 e. The van der Waals surface area contributed by atoms with E-state index in [1.165, 1.54) is 0 Å². The zero-order valence-corrected chi connectivity index (χ0v) is 16.3. The van der Waals surface area contributed by atoms with Gasteiger partial charge >= 0.3 is 0 Å². The maximum atomic E-state index is 12.7. The van der Waals surface area contributed by atoms with Crippen molar-refractivity contribution < 1.29 is 14.3 Å². The van der Waals surface area contributed by atoms with Crippen LogP contribution in [0.1, 0.15) is 44.4 Å². The molecule has 1 N–H and O–H groups in total. The zero-order chi connectivity index (χ0) is 19.1. The molecule has 1 amide bonds. The first-order valence-corrected chi connectivity index (χ1v) is 9.06. The van der Waals surface area contributed by atoms with Gasteiger partial charge in [0.1, 0.15) is 11.5 Å². The molecule has 2 rings (SSSR count). The average molecular weight is 355 g/mol. The minimum absolute atomic E-state index is 0.0584. The molecule has 0 aromatic heterocycles. The third kappa shape index (κ3) is 5.80. The van der Waals surface area contributed by atoms with Crippen molar-refractivity contribution in [2.75, 3.05) is 7.11 Å². The average Bonchev–Trinajstić information content (AvgIpc) is 2.60. The number of ether oxygens (including phenoxy) is 2. The largest absolute Gasteiger partial charge is 0.497 e. The second kappa shape index (κ2) is 9.27. The van der Waals surface area contributed by atoms with E-state index in [1.807, 2.05) is 55.5 Å². The molecule has 0 saturated carbocycles. The van der Waals surface area contributed by atoms with Gasteiger partial charge in [0.2, 0.25) is 0 Å². The van der Waals surface area contributed by atoms with E-state index in [2.05, 4.69) is 19.2 Å². The number of nitrogens with one attached hydrogen (secondary N) is 1. The molecule has 0 aliphatic carbocycles. The third-order valence-corrected chi connectivity index (χ3v) is 4.21. The first-order valence-electron chi connectivity index (χ1n) is 9.06. The number of carbonyl (C=O) groups is 1. The predicted molar refractivity (Wildman–Crippen MR) is 105 cm³/mol. The van der Waals surface area contributed by atoms with Crippen molar-refractivity contribution in [3.8, 4) is 11.5 Å². The summed E-state index contributed by atoms with van der Waals surface area (Å²) in [4.78, 5) is 12.7. The summed E-state index contributed by atoms with van der Waals surface area (Å²) >= 11 is 0. The molecule has 0 unspecified atom stereocenters. The van der Waals surface area contributed by atoms with E-state index in [0.29, 0.717) is 11.7 Å². The SMILES string of the molecule is COc1ccc([C@@H](CC(C)C)NC(=O)[C@@H](C)Oc2cccc(C)c2)cc1. The second-order valence-corrected chi connectivity index (χ2v) is 7.04. The molecule has 0 heterocycles. The Morgan fingerprint density at radius 3 is 2.31 bits per heavy atom. The van der Waals surface area contributed by atoms with Gasteiger partial charge in [0.05, 0.1) is 13.2 Å². The summed E-state index contributed by atoms with van der Waals surface area (Å²) in [5.74, 6) is 1.85. The van der Waals surface area contributed by atoms with Crippen molar-refractivity contribution in [2.45, 2.75) is 46.3 Å². The summed E-state index contributed by atoms with van der Waals surface area (Å²) in [6, 6.07) is 15.5. The van der Waals surface area contributed by atoms with Gasteiger partial charge in [0, 0.05) is 0 Å². The molecule has 26 heavy (non-hydrogen) atoms. The molecule has 0 aliphatic heterocycles. The molecule has 0 bridgehead atoms. The highest BCUT2D eigenvalue weighted by Crippen LogP contribution is 2.24. The van der Waals surface area contributed by atoms with Crippen LogP contribution < -0.4 is 14.8 Å². The van der Waals surface area contributed by atoms with Crippen molar-refractivity contribution in [2.24, 2.45) is 5.92 Å². The highest BCUT2D eigenvalue weighted by molar-refractivity contribution is 5.81. The number of hydrogen-bond acceptors (Lipinski definition) is 3. The Balaban J connectivity index is 2.07. The van der Waals surface area contributed by atoms with Crippen molar-refractivity contribution in [1.82, 2.24) is 5.32 Å². The first-order chi connectivity index (χ1) is 12.4. The summed E-state index contributed by atoms with van der Waals surface area (Å²) in [7, 11) is 1.65. The van der Waals surface area contributed by atoms with E-state index in [1.54, 1.807) is 14.0 Å². The summed E-state index contributed by atoms with van der Waals surface area (Å²) in [6.45, 7) is 8.07. The topological polar surface area (TPSA) is 47.6 Å². The quantitative estimate of drug-likeness (QED) is 0.748. The van der Waals surface area contributed by atoms with Gasteiger partial charge in [-0.05, 0) is 61.6 Å². The van der Waals surface area contributed by atoms with Crippen LogP contribution in [0.15, 0.2) is 48.5 Å². The number of hydrogen-bond donors (Lipinski definition) is 1. The van der Waals surface area contributed by atoms with Crippen molar-refractivity contribution in [3.05, 3.63) is 59.7 Å². The molecule has 2 aromatic rings. The van der Waals surface area contributed by atoms with Gasteiger partial charge < -0.3 is 14.8 Å². The Kier molecular flexibility index (Phi) is 7.07. The normalized spacial score (nSPS) is 13.2. The predicted octanol–water partition coefficient (Wildman–Crippen LogP) is 4.67. The van der Waals surface area contributed by atoms with Gasteiger partial charge in [0.15, 0.2) is 6.10 Å². The maximum absolute atomic E-state index is 12.7. The van der Waals surface area contributed by atoms with Crippen LogP contribution in [0.3, 0.4) is 0 Å². The monoisotopic (exact) mass is 355 g/mol. The lowest BCUT2D eigenvalue weighted by atomic mass is 9.96. The van der Waals surface area contributed by atoms with E-state index in [-0.39, 0.29) is 11.9 Å². The molecular weight excluding hydrogens is 326 g/mol. The number of aryl methyl sites for hydroxylation is 1. The molecule has 2 atom stereocenters. The van der Waals surface area contributed by atoms with Gasteiger partial charge in [0.25, 0.3) is 5.91 Å². The fourth-order valence-corrected chi connectivity index (χ4v) is 2.82. The van der Waals surface area contributed by atoms with Crippen LogP contribution >= 0.6 is 0 Å². The van der Waals surface area contributed by atoms with Gasteiger partial charge in [-0.3, -0.25) is 4.79 Å². The van der Waals surface area contributed by atoms with Crippen LogP contribution in [-0.4, -0.2) is 19.1 Å². The molecule has 2 aromatic carbocycles. The standard InChI is InChI=1S/C22H29NO3/c1-15(2)13-21(18-9-11-19(25-5)12-10-18)23-22(24)17(4)26-20-8-6-7-16(3)14-20/h6-12,14-15,17,21H,13H2,1-5H3,(H,23,24)/t17-,21-/m1/s1. The number of amides is 1. The van der Waals surface area contributed by atoms with E-state index in [4.69, 9.17) is 9.47 Å². The molecule has 0 spiro atoms. The van der Waals surface area contributed by atoms with E-state index >= 15 is 0 Å². The number of benzene rings is 2. The molecule has 0 fully saturated rings. The van der Waals surface area contributed by atoms with Crippen LogP contribution in [-0.2, 0) is 4.79 Å². The molecule has 0 aliphatic rings. The zero-order valence-electron chi connectivity index (χ0n) is 16.3. The van der Waals surface area contributed by atoms with Gasteiger partial charge in [-0.15, -0.1) is 0 Å². The third-order valence-electron chi connectivity index (χ3n) is 4.21. The first kappa shape index (κ1) is 19.8. The Morgan fingerprint density at radius 2 is 1.73 bits per heavy atom. The fourth-order valence-electron chi connectivity index (χ4n) is 2.82. The Labute approximate surface area is 156 Å². The lowest BCUT2D eigenvalue weighted by Crippen LogP contribution is -2.39. The highest BCUT2D eigenvalue weighted by atomic mass is 16.5. The molecule has 4 heteroatoms. The van der Waals surface area contributed by atoms with Crippen molar-refractivity contribution in [3.63, 3.8) is 0 Å². The van der Waals surface area contributed by atoms with E-state index in [9.17, 15) is 4.79 Å². The summed E-state index contributed by atoms with van der Waals surface area (Å²) in [5.41, 5.74) is 2.17. The lowest BCUT2D eigenvalue weighted by molar-refractivity contribution is -0.128. The van der Waals surface area contributed by atoms with Crippen LogP contribution in [0.25, 0.3) is 0 Å². The molecule has 0 radical (unpaired) electrons. The summed E-state index contributed by atoms with van der Waals surface area (Å²) in [5, 5.41) is 3.13. The lowest BCUT2D eigenvalue weighted by Gasteiger charge is -2.24. The van der Waals surface area contributed by atoms with Gasteiger partial charge in [-0.25, -0.2) is 0 Å². The molecule has 4 nitrogen and oxygen atoms in total. The fraction of sp³-hybridized carbons (Fsp3) is 0.409. The van der Waals surface area contributed by atoms with Crippen molar-refractivity contribution in [1.29, 1.82) is 0 Å². The van der Waals surface area contributed by atoms with E-state index < -0.39 is 6.10 Å². The number of carbonyl (C=O) groups excluding carboxylic acids is 1. The summed E-state index contributed by atoms with van der Waals surface area (Å²) in [6.07, 6.45) is 0.291. The smallest absolute Gasteiger partial charge is 0.261 e. The minimum atomic E-state index is -0.565. The number of rotatable bonds is 8. The Morgan fingerprint density at radius 1 is 1.04 bits per heavy atom. The van der Waals surface area contributed by atoms with Gasteiger partial charge in [-0.1, -0.05) is 38.1 Å². The highest BCUT2D eigenvalue weighted by Gasteiger charge is 2.21. The van der Waals surface area contributed by atoms with E-state index in [0.717, 1.165) is 23.3 Å². The Hall–Kier alpha value is -2.49.